The molecule has 0 spiro atoms. The molecule has 470 valence electrons. The van der Waals surface area contributed by atoms with Gasteiger partial charge in [0.05, 0.1) is 6.61 Å². The first-order valence-electron chi connectivity index (χ1n) is 31.4. The number of ether oxygens (including phenoxy) is 5. The van der Waals surface area contributed by atoms with Crippen LogP contribution in [0.1, 0.15) is 188 Å². The minimum atomic E-state index is -1.96. The number of hydrogen-bond donors (Lipinski definition) is 3. The molecule has 12 nitrogen and oxygen atoms in total. The summed E-state index contributed by atoms with van der Waals surface area (Å²) in [6.45, 7) is 5.52. The van der Waals surface area contributed by atoms with Crippen LogP contribution in [-0.2, 0) is 42.9 Å². The summed E-state index contributed by atoms with van der Waals surface area (Å²) in [6.07, 6.45) is 77.0. The number of aliphatic carboxylic acids is 1. The van der Waals surface area contributed by atoms with Crippen LogP contribution in [0, 0.1) is 0 Å². The molecule has 12 heteroatoms. The van der Waals surface area contributed by atoms with Crippen molar-refractivity contribution in [1.82, 2.24) is 0 Å². The zero-order valence-corrected chi connectivity index (χ0v) is 51.8. The molecule has 1 fully saturated rings. The van der Waals surface area contributed by atoms with Crippen LogP contribution < -0.4 is 0 Å². The number of aliphatic hydroxyl groups is 2. The van der Waals surface area contributed by atoms with E-state index in [1.807, 2.05) is 30.4 Å². The Labute approximate surface area is 512 Å². The first kappa shape index (κ1) is 76.6. The Morgan fingerprint density at radius 1 is 0.388 bits per heavy atom. The van der Waals surface area contributed by atoms with Crippen LogP contribution in [0.5, 0.6) is 0 Å². The minimum Gasteiger partial charge on any atom is -0.479 e. The molecule has 0 amide bonds. The molecule has 85 heavy (non-hydrogen) atoms. The van der Waals surface area contributed by atoms with Crippen molar-refractivity contribution in [3.63, 3.8) is 0 Å². The highest BCUT2D eigenvalue weighted by Gasteiger charge is 2.50. The minimum absolute atomic E-state index is 0.0668. The number of allylic oxidation sites excluding steroid dienone is 32. The molecule has 1 rings (SSSR count). The van der Waals surface area contributed by atoms with Crippen LogP contribution in [-0.4, -0.2) is 89.2 Å². The van der Waals surface area contributed by atoms with E-state index in [-0.39, 0.29) is 25.9 Å². The number of carboxylic acids is 1. The number of carboxylic acid groups (broad SMARTS) is 1. The summed E-state index contributed by atoms with van der Waals surface area (Å²) in [5, 5.41) is 31.6. The topological polar surface area (TPSA) is 175 Å². The van der Waals surface area contributed by atoms with Gasteiger partial charge in [0, 0.05) is 19.3 Å². The quantitative estimate of drug-likeness (QED) is 0.0228. The van der Waals surface area contributed by atoms with Crippen LogP contribution in [0.4, 0.5) is 0 Å². The first-order chi connectivity index (χ1) is 41.6. The van der Waals surface area contributed by atoms with Gasteiger partial charge in [0.1, 0.15) is 18.8 Å². The van der Waals surface area contributed by atoms with E-state index in [9.17, 15) is 34.5 Å². The highest BCUT2D eigenvalue weighted by molar-refractivity contribution is 5.74. The van der Waals surface area contributed by atoms with E-state index in [1.54, 1.807) is 0 Å². The molecule has 1 saturated heterocycles. The largest absolute Gasteiger partial charge is 0.479 e. The third-order valence-corrected chi connectivity index (χ3v) is 12.7. The van der Waals surface area contributed by atoms with Crippen LogP contribution in [0.3, 0.4) is 0 Å². The van der Waals surface area contributed by atoms with Gasteiger partial charge in [-0.25, -0.2) is 4.79 Å². The number of carbonyl (C=O) groups is 4. The Morgan fingerprint density at radius 3 is 1.11 bits per heavy atom. The molecule has 0 bridgehead atoms. The molecule has 6 unspecified atom stereocenters. The number of esters is 3. The van der Waals surface area contributed by atoms with Crippen LogP contribution in [0.2, 0.25) is 0 Å². The number of unbranched alkanes of at least 4 members (excludes halogenated alkanes) is 4. The number of aliphatic hydroxyl groups excluding tert-OH is 2. The molecule has 0 radical (unpaired) electrons. The van der Waals surface area contributed by atoms with E-state index < -0.39 is 67.3 Å². The predicted octanol–water partition coefficient (Wildman–Crippen LogP) is 17.0. The molecule has 3 N–H and O–H groups in total. The van der Waals surface area contributed by atoms with Crippen molar-refractivity contribution in [2.24, 2.45) is 0 Å². The number of hydrogen-bond acceptors (Lipinski definition) is 11. The third kappa shape index (κ3) is 47.5. The normalized spacial score (nSPS) is 18.8. The summed E-state index contributed by atoms with van der Waals surface area (Å²) in [5.41, 5.74) is 0. The highest BCUT2D eigenvalue weighted by atomic mass is 16.7. The maximum atomic E-state index is 13.2. The molecule has 6 atom stereocenters. The van der Waals surface area contributed by atoms with Crippen LogP contribution in [0.25, 0.3) is 0 Å². The second kappa shape index (κ2) is 58.0. The van der Waals surface area contributed by atoms with Crippen molar-refractivity contribution in [2.45, 2.75) is 225 Å². The van der Waals surface area contributed by atoms with Gasteiger partial charge in [0.15, 0.2) is 24.6 Å². The second-order valence-electron chi connectivity index (χ2n) is 20.2. The van der Waals surface area contributed by atoms with Gasteiger partial charge in [0.25, 0.3) is 0 Å². The molecule has 1 heterocycles. The Kier molecular flexibility index (Phi) is 52.2. The van der Waals surface area contributed by atoms with Crippen molar-refractivity contribution in [2.75, 3.05) is 13.2 Å². The molecule has 0 aromatic carbocycles. The Morgan fingerprint density at radius 2 is 0.729 bits per heavy atom. The zero-order valence-electron chi connectivity index (χ0n) is 51.8. The molecule has 1 aliphatic rings. The van der Waals surface area contributed by atoms with Gasteiger partial charge >= 0.3 is 23.9 Å². The van der Waals surface area contributed by atoms with Crippen molar-refractivity contribution in [3.8, 4) is 0 Å². The average Bonchev–Trinajstić information content (AvgIpc) is 3.51. The van der Waals surface area contributed by atoms with Crippen molar-refractivity contribution >= 4 is 23.9 Å². The van der Waals surface area contributed by atoms with Gasteiger partial charge in [-0.2, -0.15) is 0 Å². The van der Waals surface area contributed by atoms with Gasteiger partial charge in [-0.15, -0.1) is 0 Å². The standard InChI is InChI=1S/C73H106O12/c1-4-7-10-13-16-19-22-25-28-31-33-36-38-41-44-47-50-53-56-59-65(74)81-62-64(83-66(75)60-57-54-51-48-45-42-39-35-30-27-24-21-18-15-12-9-6-3)63-82-73-71(69(78)68(77)70(85-73)72(79)80)84-67(76)61-58-55-52-49-46-43-40-37-34-32-29-26-23-20-17-14-11-8-5-2/h7-12,16-21,25-30,33-34,36-37,39,41-44,46,50,52-53,55,64,68-71,73,77-78H,4-6,13-15,22-24,31-32,35,38,40,45,47-49,51,54,56-63H2,1-3H3,(H,79,80)/b10-7-,11-8-,12-9-,19-16-,20-17-,21-18-,28-25-,29-26-,30-27-,36-33-,37-34-,42-39-,44-41-,46-43-,53-50-,55-52-. The van der Waals surface area contributed by atoms with Gasteiger partial charge < -0.3 is 39.0 Å². The van der Waals surface area contributed by atoms with E-state index in [0.717, 1.165) is 116 Å². The van der Waals surface area contributed by atoms with E-state index in [4.69, 9.17) is 23.7 Å². The van der Waals surface area contributed by atoms with Crippen molar-refractivity contribution in [1.29, 1.82) is 0 Å². The Hall–Kier alpha value is -6.44. The van der Waals surface area contributed by atoms with Crippen molar-refractivity contribution in [3.05, 3.63) is 194 Å². The number of carbonyl (C=O) groups excluding carboxylic acids is 3. The molecule has 0 aromatic rings. The smallest absolute Gasteiger partial charge is 0.335 e. The summed E-state index contributed by atoms with van der Waals surface area (Å²) in [4.78, 5) is 51.3. The maximum absolute atomic E-state index is 13.2. The van der Waals surface area contributed by atoms with E-state index in [0.29, 0.717) is 32.1 Å². The molecule has 0 saturated carbocycles. The summed E-state index contributed by atoms with van der Waals surface area (Å²) >= 11 is 0. The Bertz CT molecular complexity index is 2230. The molecular weight excluding hydrogens is 1070 g/mol. The lowest BCUT2D eigenvalue weighted by Gasteiger charge is -2.40. The average molecular weight is 1180 g/mol. The number of rotatable bonds is 50. The SMILES string of the molecule is CC/C=C\C/C=C\C/C=C\C/C=C\C/C=C\C/C=C\CCC(=O)OCC(COC1OC(C(=O)O)C(O)C(O)C1OC(=O)CC/C=C\C/C=C\C/C=C\C/C=C\C/C=C\C/C=C\CC)OC(=O)CCCCCC/C=C\C/C=C\C/C=C\C/C=C\CC. The fourth-order valence-electron chi connectivity index (χ4n) is 8.00. The molecule has 1 aliphatic heterocycles. The fourth-order valence-corrected chi connectivity index (χ4v) is 8.00. The van der Waals surface area contributed by atoms with Crippen molar-refractivity contribution < 1.29 is 58.2 Å². The van der Waals surface area contributed by atoms with Gasteiger partial charge in [-0.05, 0) is 135 Å². The zero-order chi connectivity index (χ0) is 61.7. The molecular formula is C73H106O12. The van der Waals surface area contributed by atoms with E-state index >= 15 is 0 Å². The highest BCUT2D eigenvalue weighted by Crippen LogP contribution is 2.26. The summed E-state index contributed by atoms with van der Waals surface area (Å²) < 4.78 is 28.3. The first-order valence-corrected chi connectivity index (χ1v) is 31.4. The predicted molar refractivity (Wildman–Crippen MR) is 348 cm³/mol. The fraction of sp³-hybridized carbons (Fsp3) is 0.507. The second-order valence-corrected chi connectivity index (χ2v) is 20.2. The summed E-state index contributed by atoms with van der Waals surface area (Å²) in [5.74, 6) is -3.41. The van der Waals surface area contributed by atoms with Gasteiger partial charge in [0.2, 0.25) is 0 Å². The Balaban J connectivity index is 2.80. The van der Waals surface area contributed by atoms with E-state index in [1.165, 1.54) is 0 Å². The summed E-state index contributed by atoms with van der Waals surface area (Å²) in [7, 11) is 0. The summed E-state index contributed by atoms with van der Waals surface area (Å²) in [6, 6.07) is 0. The van der Waals surface area contributed by atoms with Gasteiger partial charge in [-0.1, -0.05) is 228 Å². The monoisotopic (exact) mass is 1170 g/mol. The van der Waals surface area contributed by atoms with Gasteiger partial charge in [-0.3, -0.25) is 14.4 Å². The maximum Gasteiger partial charge on any atom is 0.335 e. The lowest BCUT2D eigenvalue weighted by Crippen LogP contribution is -2.61. The molecule has 0 aliphatic carbocycles. The molecule has 0 aromatic heterocycles. The third-order valence-electron chi connectivity index (χ3n) is 12.7. The van der Waals surface area contributed by atoms with E-state index in [2.05, 4.69) is 185 Å². The lowest BCUT2D eigenvalue weighted by atomic mass is 9.98. The van der Waals surface area contributed by atoms with Crippen LogP contribution in [0.15, 0.2) is 194 Å². The van der Waals surface area contributed by atoms with Crippen LogP contribution >= 0.6 is 0 Å². The lowest BCUT2D eigenvalue weighted by molar-refractivity contribution is -0.301.